The van der Waals surface area contributed by atoms with Crippen LogP contribution in [0.5, 0.6) is 5.75 Å². The summed E-state index contributed by atoms with van der Waals surface area (Å²) in [4.78, 5) is 12.2. The van der Waals surface area contributed by atoms with E-state index in [1.54, 1.807) is 19.1 Å². The number of hydrogen-bond donors (Lipinski definition) is 2. The molecule has 3 N–H and O–H groups in total. The van der Waals surface area contributed by atoms with Gasteiger partial charge in [-0.3, -0.25) is 4.79 Å². The monoisotopic (exact) mass is 266 g/mol. The second-order valence-corrected chi connectivity index (χ2v) is 4.38. The highest BCUT2D eigenvalue weighted by Gasteiger charge is 2.31. The number of amides is 1. The zero-order chi connectivity index (χ0) is 14.3. The molecule has 1 rings (SSSR count). The molecule has 0 bridgehead atoms. The van der Waals surface area contributed by atoms with Gasteiger partial charge >= 0.3 is 0 Å². The van der Waals surface area contributed by atoms with Crippen molar-refractivity contribution in [1.29, 1.82) is 0 Å². The molecule has 0 saturated heterocycles. The Morgan fingerprint density at radius 3 is 2.68 bits per heavy atom. The lowest BCUT2D eigenvalue weighted by molar-refractivity contribution is -0.136. The predicted molar refractivity (Wildman–Crippen MR) is 75.3 cm³/mol. The number of carbonyl (C=O) groups is 1. The van der Waals surface area contributed by atoms with Crippen LogP contribution in [-0.2, 0) is 9.53 Å². The Morgan fingerprint density at radius 2 is 2.11 bits per heavy atom. The van der Waals surface area contributed by atoms with Crippen LogP contribution in [0.3, 0.4) is 0 Å². The topological polar surface area (TPSA) is 73.6 Å². The first-order valence-electron chi connectivity index (χ1n) is 6.36. The molecule has 1 amide bonds. The third-order valence-electron chi connectivity index (χ3n) is 3.12. The zero-order valence-electron chi connectivity index (χ0n) is 11.7. The lowest BCUT2D eigenvalue weighted by Crippen LogP contribution is -2.41. The Hall–Kier alpha value is -1.59. The standard InChI is InChI=1S/C14H22N2O3/c1-4-14(2,18-3)13(17)16-11-7-5-6-8-12(11)19-10-9-15/h5-8H,4,9-10,15H2,1-3H3,(H,16,17). The van der Waals surface area contributed by atoms with Crippen LogP contribution < -0.4 is 15.8 Å². The van der Waals surface area contributed by atoms with E-state index in [9.17, 15) is 4.79 Å². The number of nitrogens with one attached hydrogen (secondary N) is 1. The molecule has 0 aromatic heterocycles. The molecule has 0 aliphatic rings. The smallest absolute Gasteiger partial charge is 0.256 e. The highest BCUT2D eigenvalue weighted by atomic mass is 16.5. The largest absolute Gasteiger partial charge is 0.490 e. The number of para-hydroxylation sites is 2. The summed E-state index contributed by atoms with van der Waals surface area (Å²) >= 11 is 0. The van der Waals surface area contributed by atoms with Gasteiger partial charge in [0.2, 0.25) is 0 Å². The fraction of sp³-hybridized carbons (Fsp3) is 0.500. The minimum absolute atomic E-state index is 0.193. The summed E-state index contributed by atoms with van der Waals surface area (Å²) in [6, 6.07) is 7.26. The number of hydrogen-bond acceptors (Lipinski definition) is 4. The molecule has 1 aromatic carbocycles. The normalized spacial score (nSPS) is 13.7. The first kappa shape index (κ1) is 15.5. The van der Waals surface area contributed by atoms with Gasteiger partial charge in [0.15, 0.2) is 0 Å². The number of rotatable bonds is 7. The van der Waals surface area contributed by atoms with Crippen LogP contribution >= 0.6 is 0 Å². The van der Waals surface area contributed by atoms with Crippen molar-refractivity contribution in [2.45, 2.75) is 25.9 Å². The van der Waals surface area contributed by atoms with Gasteiger partial charge in [0.1, 0.15) is 18.0 Å². The minimum Gasteiger partial charge on any atom is -0.490 e. The third-order valence-corrected chi connectivity index (χ3v) is 3.12. The molecular formula is C14H22N2O3. The summed E-state index contributed by atoms with van der Waals surface area (Å²) in [6.07, 6.45) is 0.584. The van der Waals surface area contributed by atoms with Crippen molar-refractivity contribution in [3.63, 3.8) is 0 Å². The fourth-order valence-electron chi connectivity index (χ4n) is 1.52. The SMILES string of the molecule is CCC(C)(OC)C(=O)Nc1ccccc1OCCN. The van der Waals surface area contributed by atoms with Gasteiger partial charge < -0.3 is 20.5 Å². The van der Waals surface area contributed by atoms with Crippen molar-refractivity contribution < 1.29 is 14.3 Å². The summed E-state index contributed by atoms with van der Waals surface area (Å²) < 4.78 is 10.8. The molecule has 0 aliphatic heterocycles. The maximum Gasteiger partial charge on any atom is 0.256 e. The Balaban J connectivity index is 2.84. The van der Waals surface area contributed by atoms with Crippen LogP contribution in [0.25, 0.3) is 0 Å². The van der Waals surface area contributed by atoms with Crippen molar-refractivity contribution in [2.75, 3.05) is 25.6 Å². The third kappa shape index (κ3) is 3.94. The van der Waals surface area contributed by atoms with Gasteiger partial charge in [-0.05, 0) is 25.5 Å². The van der Waals surface area contributed by atoms with Crippen LogP contribution in [-0.4, -0.2) is 31.8 Å². The Kier molecular flexibility index (Phi) is 5.79. The second-order valence-electron chi connectivity index (χ2n) is 4.38. The molecule has 1 aromatic rings. The molecule has 1 atom stereocenters. The molecule has 0 radical (unpaired) electrons. The summed E-state index contributed by atoms with van der Waals surface area (Å²) in [5.74, 6) is 0.414. The van der Waals surface area contributed by atoms with Crippen molar-refractivity contribution in [3.05, 3.63) is 24.3 Å². The molecule has 19 heavy (non-hydrogen) atoms. The van der Waals surface area contributed by atoms with Gasteiger partial charge in [0, 0.05) is 13.7 Å². The average Bonchev–Trinajstić information content (AvgIpc) is 2.45. The molecule has 0 saturated carbocycles. The number of carbonyl (C=O) groups excluding carboxylic acids is 1. The Bertz CT molecular complexity index is 417. The highest BCUT2D eigenvalue weighted by molar-refractivity contribution is 5.98. The quantitative estimate of drug-likeness (QED) is 0.789. The van der Waals surface area contributed by atoms with Crippen LogP contribution in [0.15, 0.2) is 24.3 Å². The minimum atomic E-state index is -0.846. The van der Waals surface area contributed by atoms with Crippen LogP contribution in [0.4, 0.5) is 5.69 Å². The molecule has 0 spiro atoms. The Morgan fingerprint density at radius 1 is 1.42 bits per heavy atom. The second kappa shape index (κ2) is 7.11. The van der Waals surface area contributed by atoms with E-state index in [1.165, 1.54) is 7.11 Å². The Labute approximate surface area is 114 Å². The van der Waals surface area contributed by atoms with E-state index in [0.717, 1.165) is 0 Å². The zero-order valence-corrected chi connectivity index (χ0v) is 11.7. The van der Waals surface area contributed by atoms with Gasteiger partial charge in [-0.15, -0.1) is 0 Å². The van der Waals surface area contributed by atoms with Gasteiger partial charge in [0.05, 0.1) is 5.69 Å². The number of anilines is 1. The lowest BCUT2D eigenvalue weighted by atomic mass is 10.0. The molecule has 106 valence electrons. The van der Waals surface area contributed by atoms with Gasteiger partial charge in [-0.25, -0.2) is 0 Å². The van der Waals surface area contributed by atoms with E-state index in [1.807, 2.05) is 19.1 Å². The summed E-state index contributed by atoms with van der Waals surface area (Å²) in [5.41, 5.74) is 5.18. The van der Waals surface area contributed by atoms with Gasteiger partial charge in [-0.2, -0.15) is 0 Å². The van der Waals surface area contributed by atoms with E-state index >= 15 is 0 Å². The van der Waals surface area contributed by atoms with E-state index in [0.29, 0.717) is 31.0 Å². The fourth-order valence-corrected chi connectivity index (χ4v) is 1.52. The number of ether oxygens (including phenoxy) is 2. The first-order valence-corrected chi connectivity index (χ1v) is 6.36. The maximum atomic E-state index is 12.2. The average molecular weight is 266 g/mol. The van der Waals surface area contributed by atoms with Crippen molar-refractivity contribution in [2.24, 2.45) is 5.73 Å². The number of nitrogens with two attached hydrogens (primary N) is 1. The van der Waals surface area contributed by atoms with E-state index in [2.05, 4.69) is 5.32 Å². The molecule has 5 nitrogen and oxygen atoms in total. The summed E-state index contributed by atoms with van der Waals surface area (Å²) in [5, 5.41) is 2.83. The van der Waals surface area contributed by atoms with Gasteiger partial charge in [0.25, 0.3) is 5.91 Å². The van der Waals surface area contributed by atoms with Crippen molar-refractivity contribution in [3.8, 4) is 5.75 Å². The molecule has 0 aliphatic carbocycles. The highest BCUT2D eigenvalue weighted by Crippen LogP contribution is 2.26. The van der Waals surface area contributed by atoms with Crippen LogP contribution in [0, 0.1) is 0 Å². The van der Waals surface area contributed by atoms with Crippen LogP contribution in [0.1, 0.15) is 20.3 Å². The van der Waals surface area contributed by atoms with Gasteiger partial charge in [-0.1, -0.05) is 19.1 Å². The lowest BCUT2D eigenvalue weighted by Gasteiger charge is -2.25. The number of benzene rings is 1. The molecule has 0 fully saturated rings. The summed E-state index contributed by atoms with van der Waals surface area (Å²) in [6.45, 7) is 4.49. The molecule has 1 unspecified atom stereocenters. The van der Waals surface area contributed by atoms with Crippen molar-refractivity contribution in [1.82, 2.24) is 0 Å². The maximum absolute atomic E-state index is 12.2. The van der Waals surface area contributed by atoms with E-state index in [4.69, 9.17) is 15.2 Å². The van der Waals surface area contributed by atoms with Crippen LogP contribution in [0.2, 0.25) is 0 Å². The predicted octanol–water partition coefficient (Wildman–Crippen LogP) is 1.78. The van der Waals surface area contributed by atoms with E-state index < -0.39 is 5.60 Å². The summed E-state index contributed by atoms with van der Waals surface area (Å²) in [7, 11) is 1.53. The molecular weight excluding hydrogens is 244 g/mol. The van der Waals surface area contributed by atoms with Crippen molar-refractivity contribution >= 4 is 11.6 Å². The molecule has 5 heteroatoms. The molecule has 0 heterocycles. The number of methoxy groups -OCH3 is 1. The first-order chi connectivity index (χ1) is 9.07. The van der Waals surface area contributed by atoms with E-state index in [-0.39, 0.29) is 5.91 Å².